The normalized spacial score (nSPS) is 12.2. The van der Waals surface area contributed by atoms with E-state index in [1.165, 1.54) is 7.11 Å². The molecular formula is C12H15ClO2. The maximum Gasteiger partial charge on any atom is 0.308 e. The molecule has 0 bridgehead atoms. The zero-order valence-corrected chi connectivity index (χ0v) is 9.75. The number of halogens is 1. The highest BCUT2D eigenvalue weighted by atomic mass is 35.5. The topological polar surface area (TPSA) is 26.3 Å². The van der Waals surface area contributed by atoms with E-state index in [0.29, 0.717) is 0 Å². The highest BCUT2D eigenvalue weighted by molar-refractivity contribution is 6.31. The van der Waals surface area contributed by atoms with Crippen LogP contribution in [0, 0.1) is 5.92 Å². The van der Waals surface area contributed by atoms with Crippen LogP contribution in [0.15, 0.2) is 24.3 Å². The molecule has 0 saturated heterocycles. The number of benzene rings is 1. The molecule has 0 fully saturated rings. The summed E-state index contributed by atoms with van der Waals surface area (Å²) in [5.41, 5.74) is 1.08. The Morgan fingerprint density at radius 3 is 2.73 bits per heavy atom. The molecule has 0 saturated carbocycles. The van der Waals surface area contributed by atoms with E-state index in [9.17, 15) is 4.79 Å². The first-order valence-corrected chi connectivity index (χ1v) is 5.34. The van der Waals surface area contributed by atoms with Crippen LogP contribution in [0.1, 0.15) is 18.9 Å². The van der Waals surface area contributed by atoms with Gasteiger partial charge in [-0.3, -0.25) is 4.79 Å². The smallest absolute Gasteiger partial charge is 0.308 e. The lowest BCUT2D eigenvalue weighted by Crippen LogP contribution is -2.13. The van der Waals surface area contributed by atoms with Crippen molar-refractivity contribution in [2.45, 2.75) is 19.8 Å². The molecule has 15 heavy (non-hydrogen) atoms. The van der Waals surface area contributed by atoms with E-state index in [2.05, 4.69) is 4.74 Å². The number of carbonyl (C=O) groups is 1. The minimum atomic E-state index is -0.165. The summed E-state index contributed by atoms with van der Waals surface area (Å²) in [6, 6.07) is 7.69. The molecule has 1 rings (SSSR count). The fourth-order valence-corrected chi connectivity index (χ4v) is 1.62. The lowest BCUT2D eigenvalue weighted by atomic mass is 10.0. The molecule has 3 heteroatoms. The van der Waals surface area contributed by atoms with Crippen molar-refractivity contribution < 1.29 is 9.53 Å². The molecule has 0 spiro atoms. The van der Waals surface area contributed by atoms with Gasteiger partial charge in [0.25, 0.3) is 0 Å². The summed E-state index contributed by atoms with van der Waals surface area (Å²) in [6.45, 7) is 1.86. The Morgan fingerprint density at radius 2 is 2.13 bits per heavy atom. The van der Waals surface area contributed by atoms with Gasteiger partial charge < -0.3 is 4.74 Å². The summed E-state index contributed by atoms with van der Waals surface area (Å²) < 4.78 is 4.66. The van der Waals surface area contributed by atoms with Gasteiger partial charge in [0.2, 0.25) is 0 Å². The monoisotopic (exact) mass is 226 g/mol. The van der Waals surface area contributed by atoms with Crippen LogP contribution >= 0.6 is 11.6 Å². The molecule has 2 nitrogen and oxygen atoms in total. The summed E-state index contributed by atoms with van der Waals surface area (Å²) in [7, 11) is 1.41. The summed E-state index contributed by atoms with van der Waals surface area (Å²) in [6.07, 6.45) is 1.56. The minimum absolute atomic E-state index is 0.0775. The molecule has 1 aromatic carbocycles. The Bertz CT molecular complexity index is 336. The Kier molecular flexibility index (Phi) is 4.63. The van der Waals surface area contributed by atoms with E-state index in [4.69, 9.17) is 11.6 Å². The van der Waals surface area contributed by atoms with Gasteiger partial charge in [-0.05, 0) is 24.5 Å². The largest absolute Gasteiger partial charge is 0.469 e. The van der Waals surface area contributed by atoms with Crippen LogP contribution in [-0.4, -0.2) is 13.1 Å². The van der Waals surface area contributed by atoms with Crippen molar-refractivity contribution in [2.75, 3.05) is 7.11 Å². The third-order valence-corrected chi connectivity index (χ3v) is 2.78. The molecule has 0 aliphatic heterocycles. The Morgan fingerprint density at radius 1 is 1.47 bits per heavy atom. The number of carbonyl (C=O) groups excluding carboxylic acids is 1. The number of methoxy groups -OCH3 is 1. The molecule has 0 amide bonds. The molecule has 1 aromatic rings. The molecule has 0 heterocycles. The summed E-state index contributed by atoms with van der Waals surface area (Å²) in [5, 5.41) is 0.759. The van der Waals surface area contributed by atoms with Crippen LogP contribution in [0.4, 0.5) is 0 Å². The Balaban J connectivity index is 2.50. The molecule has 0 aliphatic rings. The van der Waals surface area contributed by atoms with Gasteiger partial charge in [0.05, 0.1) is 13.0 Å². The third kappa shape index (κ3) is 3.56. The van der Waals surface area contributed by atoms with Crippen molar-refractivity contribution in [1.29, 1.82) is 0 Å². The van der Waals surface area contributed by atoms with Gasteiger partial charge in [0.1, 0.15) is 0 Å². The van der Waals surface area contributed by atoms with Crippen molar-refractivity contribution in [3.05, 3.63) is 34.9 Å². The van der Waals surface area contributed by atoms with Crippen LogP contribution in [-0.2, 0) is 16.0 Å². The lowest BCUT2D eigenvalue weighted by Gasteiger charge is -2.09. The van der Waals surface area contributed by atoms with Crippen molar-refractivity contribution in [1.82, 2.24) is 0 Å². The lowest BCUT2D eigenvalue weighted by molar-refractivity contribution is -0.145. The molecule has 1 atom stereocenters. The van der Waals surface area contributed by atoms with Crippen molar-refractivity contribution >= 4 is 17.6 Å². The van der Waals surface area contributed by atoms with E-state index in [1.54, 1.807) is 0 Å². The number of hydrogen-bond acceptors (Lipinski definition) is 2. The average molecular weight is 227 g/mol. The maximum atomic E-state index is 11.2. The van der Waals surface area contributed by atoms with Crippen LogP contribution in [0.5, 0.6) is 0 Å². The van der Waals surface area contributed by atoms with Gasteiger partial charge in [-0.2, -0.15) is 0 Å². The quantitative estimate of drug-likeness (QED) is 0.738. The summed E-state index contributed by atoms with van der Waals surface area (Å²) in [4.78, 5) is 11.2. The van der Waals surface area contributed by atoms with E-state index in [1.807, 2.05) is 31.2 Å². The van der Waals surface area contributed by atoms with Gasteiger partial charge in [0.15, 0.2) is 0 Å². The molecule has 0 N–H and O–H groups in total. The van der Waals surface area contributed by atoms with Gasteiger partial charge in [-0.1, -0.05) is 36.7 Å². The van der Waals surface area contributed by atoms with Crippen LogP contribution in [0.3, 0.4) is 0 Å². The number of rotatable bonds is 4. The zero-order valence-electron chi connectivity index (χ0n) is 9.00. The van der Waals surface area contributed by atoms with Crippen LogP contribution in [0.2, 0.25) is 5.02 Å². The van der Waals surface area contributed by atoms with Crippen molar-refractivity contribution in [3.63, 3.8) is 0 Å². The van der Waals surface area contributed by atoms with E-state index in [-0.39, 0.29) is 11.9 Å². The second-order valence-electron chi connectivity index (χ2n) is 3.55. The predicted octanol–water partition coefficient (Wildman–Crippen LogP) is 3.08. The Hall–Kier alpha value is -1.02. The van der Waals surface area contributed by atoms with Gasteiger partial charge in [-0.15, -0.1) is 0 Å². The highest BCUT2D eigenvalue weighted by Gasteiger charge is 2.13. The molecule has 0 radical (unpaired) electrons. The average Bonchev–Trinajstić information content (AvgIpc) is 2.26. The standard InChI is InChI=1S/C12H15ClO2/c1-9(12(14)15-2)7-8-10-5-3-4-6-11(10)13/h3-6,9H,7-8H2,1-2H3. The Labute approximate surface area is 95.2 Å². The number of aryl methyl sites for hydroxylation is 1. The van der Waals surface area contributed by atoms with Crippen molar-refractivity contribution in [2.24, 2.45) is 5.92 Å². The maximum absolute atomic E-state index is 11.2. The first-order chi connectivity index (χ1) is 7.15. The summed E-state index contributed by atoms with van der Waals surface area (Å²) >= 11 is 6.00. The van der Waals surface area contributed by atoms with Gasteiger partial charge in [-0.25, -0.2) is 0 Å². The number of ether oxygens (including phenoxy) is 1. The second kappa shape index (κ2) is 5.76. The zero-order chi connectivity index (χ0) is 11.3. The first kappa shape index (κ1) is 12.1. The fourth-order valence-electron chi connectivity index (χ4n) is 1.39. The molecule has 82 valence electrons. The first-order valence-electron chi connectivity index (χ1n) is 4.96. The molecular weight excluding hydrogens is 212 g/mol. The minimum Gasteiger partial charge on any atom is -0.469 e. The summed E-state index contributed by atoms with van der Waals surface area (Å²) in [5.74, 6) is -0.242. The van der Waals surface area contributed by atoms with Gasteiger partial charge >= 0.3 is 5.97 Å². The van der Waals surface area contributed by atoms with E-state index >= 15 is 0 Å². The molecule has 0 aromatic heterocycles. The second-order valence-corrected chi connectivity index (χ2v) is 3.96. The SMILES string of the molecule is COC(=O)C(C)CCc1ccccc1Cl. The number of hydrogen-bond donors (Lipinski definition) is 0. The fraction of sp³-hybridized carbons (Fsp3) is 0.417. The van der Waals surface area contributed by atoms with Crippen LogP contribution in [0.25, 0.3) is 0 Å². The highest BCUT2D eigenvalue weighted by Crippen LogP contribution is 2.18. The third-order valence-electron chi connectivity index (χ3n) is 2.41. The van der Waals surface area contributed by atoms with E-state index < -0.39 is 0 Å². The van der Waals surface area contributed by atoms with Gasteiger partial charge in [0, 0.05) is 5.02 Å². The number of esters is 1. The molecule has 0 aliphatic carbocycles. The predicted molar refractivity (Wildman–Crippen MR) is 61.0 cm³/mol. The van der Waals surface area contributed by atoms with E-state index in [0.717, 1.165) is 23.4 Å². The van der Waals surface area contributed by atoms with Crippen LogP contribution < -0.4 is 0 Å². The van der Waals surface area contributed by atoms with Crippen molar-refractivity contribution in [3.8, 4) is 0 Å². The molecule has 1 unspecified atom stereocenters.